The lowest BCUT2D eigenvalue weighted by atomic mass is 10.3. The van der Waals surface area contributed by atoms with Gasteiger partial charge in [0.15, 0.2) is 6.54 Å². The van der Waals surface area contributed by atoms with Crippen LogP contribution in [0.15, 0.2) is 0 Å². The molecule has 0 N–H and O–H groups in total. The van der Waals surface area contributed by atoms with E-state index in [4.69, 9.17) is 14.8 Å². The SMILES string of the molecule is CCOC(=O)CN(C#N)OC(N(C)C)=[N+](C)C.F[B-](F)(F)F. The fraction of sp³-hybridized carbons (Fsp3) is 0.700. The van der Waals surface area contributed by atoms with Crippen molar-refractivity contribution < 1.29 is 36.2 Å². The van der Waals surface area contributed by atoms with Gasteiger partial charge in [-0.05, 0) is 6.92 Å². The van der Waals surface area contributed by atoms with Crippen molar-refractivity contribution >= 4 is 19.2 Å². The molecule has 0 saturated carbocycles. The van der Waals surface area contributed by atoms with Gasteiger partial charge in [-0.1, -0.05) is 0 Å². The molecule has 0 aromatic heterocycles. The summed E-state index contributed by atoms with van der Waals surface area (Å²) in [6.45, 7) is 1.73. The van der Waals surface area contributed by atoms with Gasteiger partial charge >= 0.3 is 19.2 Å². The molecule has 12 heteroatoms. The van der Waals surface area contributed by atoms with Gasteiger partial charge < -0.3 is 22.0 Å². The van der Waals surface area contributed by atoms with Gasteiger partial charge in [0.1, 0.15) is 0 Å². The van der Waals surface area contributed by atoms with E-state index in [0.717, 1.165) is 5.06 Å². The molecule has 0 aromatic carbocycles. The van der Waals surface area contributed by atoms with E-state index < -0.39 is 13.2 Å². The molecule has 0 unspecified atom stereocenters. The van der Waals surface area contributed by atoms with Crippen molar-refractivity contribution in [3.8, 4) is 6.19 Å². The molecular formula is C10H19BF4N4O3. The third kappa shape index (κ3) is 14.2. The minimum absolute atomic E-state index is 0.241. The molecule has 0 aliphatic carbocycles. The number of carbonyl (C=O) groups is 1. The van der Waals surface area contributed by atoms with E-state index in [1.807, 2.05) is 0 Å². The maximum absolute atomic E-state index is 11.2. The third-order valence-corrected chi connectivity index (χ3v) is 1.65. The zero-order chi connectivity index (χ0) is 17.9. The van der Waals surface area contributed by atoms with Gasteiger partial charge in [-0.3, -0.25) is 4.84 Å². The Morgan fingerprint density at radius 1 is 1.27 bits per heavy atom. The summed E-state index contributed by atoms with van der Waals surface area (Å²) in [5, 5.41) is 9.72. The van der Waals surface area contributed by atoms with Crippen molar-refractivity contribution in [1.82, 2.24) is 9.96 Å². The quantitative estimate of drug-likeness (QED) is 0.0872. The summed E-state index contributed by atoms with van der Waals surface area (Å²) < 4.78 is 45.4. The number of halogens is 4. The van der Waals surface area contributed by atoms with Crippen molar-refractivity contribution in [3.05, 3.63) is 0 Å². The fourth-order valence-electron chi connectivity index (χ4n) is 1.07. The molecule has 0 heterocycles. The Bertz CT molecular complexity index is 413. The number of rotatable bonds is 4. The lowest BCUT2D eigenvalue weighted by molar-refractivity contribution is -0.485. The van der Waals surface area contributed by atoms with Gasteiger partial charge in [-0.2, -0.15) is 5.26 Å². The lowest BCUT2D eigenvalue weighted by Crippen LogP contribution is -2.39. The highest BCUT2D eigenvalue weighted by Crippen LogP contribution is 2.06. The zero-order valence-corrected chi connectivity index (χ0v) is 13.0. The molecule has 0 saturated heterocycles. The topological polar surface area (TPSA) is 68.8 Å². The van der Waals surface area contributed by atoms with Crippen molar-refractivity contribution in [1.29, 1.82) is 5.26 Å². The predicted octanol–water partition coefficient (Wildman–Crippen LogP) is 0.754. The fourth-order valence-corrected chi connectivity index (χ4v) is 1.07. The molecule has 0 bridgehead atoms. The molecule has 0 amide bonds. The summed E-state index contributed by atoms with van der Waals surface area (Å²) in [6.07, 6.45) is 1.77. The van der Waals surface area contributed by atoms with Crippen LogP contribution in [0, 0.1) is 11.5 Å². The van der Waals surface area contributed by atoms with Crippen LogP contribution >= 0.6 is 0 Å². The van der Waals surface area contributed by atoms with Crippen LogP contribution in [-0.4, -0.2) is 75.1 Å². The first-order chi connectivity index (χ1) is 9.92. The Hall–Kier alpha value is -2.19. The van der Waals surface area contributed by atoms with Crippen molar-refractivity contribution in [2.45, 2.75) is 6.92 Å². The maximum atomic E-state index is 11.2. The van der Waals surface area contributed by atoms with Crippen molar-refractivity contribution in [3.63, 3.8) is 0 Å². The number of nitrogens with zero attached hydrogens (tertiary/aromatic N) is 4. The summed E-state index contributed by atoms with van der Waals surface area (Å²) in [7, 11) is 1.09. The van der Waals surface area contributed by atoms with Crippen LogP contribution < -0.4 is 0 Å². The Morgan fingerprint density at radius 2 is 1.73 bits per heavy atom. The van der Waals surface area contributed by atoms with E-state index in [1.54, 1.807) is 50.8 Å². The number of carbonyl (C=O) groups excluding carboxylic acids is 1. The summed E-state index contributed by atoms with van der Waals surface area (Å²) in [5.41, 5.74) is 0. The van der Waals surface area contributed by atoms with E-state index in [1.165, 1.54) is 0 Å². The van der Waals surface area contributed by atoms with Crippen LogP contribution in [0.5, 0.6) is 0 Å². The molecule has 0 fully saturated rings. The second kappa shape index (κ2) is 10.5. The molecular weight excluding hydrogens is 311 g/mol. The van der Waals surface area contributed by atoms with Gasteiger partial charge in [0.25, 0.3) is 0 Å². The second-order valence-electron chi connectivity index (χ2n) is 4.10. The van der Waals surface area contributed by atoms with Gasteiger partial charge in [0, 0.05) is 0 Å². The largest absolute Gasteiger partial charge is 0.673 e. The molecule has 0 aliphatic heterocycles. The molecule has 0 rings (SSSR count). The Kier molecular flexibility index (Phi) is 10.6. The first kappa shape index (κ1) is 22.1. The van der Waals surface area contributed by atoms with E-state index >= 15 is 0 Å². The lowest BCUT2D eigenvalue weighted by Gasteiger charge is -2.16. The first-order valence-electron chi connectivity index (χ1n) is 6.02. The maximum Gasteiger partial charge on any atom is 0.673 e. The average Bonchev–Trinajstić information content (AvgIpc) is 2.31. The minimum atomic E-state index is -6.00. The molecule has 0 aromatic rings. The van der Waals surface area contributed by atoms with Gasteiger partial charge in [0.2, 0.25) is 6.19 Å². The Balaban J connectivity index is 0. The van der Waals surface area contributed by atoms with Crippen LogP contribution in [-0.2, 0) is 14.4 Å². The van der Waals surface area contributed by atoms with E-state index in [0.29, 0.717) is 6.02 Å². The number of nitriles is 1. The molecule has 22 heavy (non-hydrogen) atoms. The molecule has 0 aliphatic rings. The number of amidine groups is 1. The monoisotopic (exact) mass is 330 g/mol. The van der Waals surface area contributed by atoms with E-state index in [9.17, 15) is 22.1 Å². The minimum Gasteiger partial charge on any atom is -0.465 e. The van der Waals surface area contributed by atoms with Crippen LogP contribution in [0.3, 0.4) is 0 Å². The average molecular weight is 330 g/mol. The zero-order valence-electron chi connectivity index (χ0n) is 13.0. The highest BCUT2D eigenvalue weighted by atomic mass is 19.5. The summed E-state index contributed by atoms with van der Waals surface area (Å²) in [4.78, 5) is 18.2. The summed E-state index contributed by atoms with van der Waals surface area (Å²) in [6, 6.07) is 0.441. The molecule has 0 spiro atoms. The Morgan fingerprint density at radius 3 is 2.00 bits per heavy atom. The van der Waals surface area contributed by atoms with E-state index in [2.05, 4.69) is 0 Å². The number of hydrogen-bond donors (Lipinski definition) is 0. The van der Waals surface area contributed by atoms with Crippen molar-refractivity contribution in [2.24, 2.45) is 0 Å². The van der Waals surface area contributed by atoms with Gasteiger partial charge in [-0.25, -0.2) is 14.3 Å². The number of hydrogen-bond acceptors (Lipinski definition) is 5. The molecule has 0 atom stereocenters. The normalized spacial score (nSPS) is 9.64. The molecule has 128 valence electrons. The van der Waals surface area contributed by atoms with Crippen molar-refractivity contribution in [2.75, 3.05) is 41.3 Å². The predicted molar refractivity (Wildman–Crippen MR) is 71.0 cm³/mol. The first-order valence-corrected chi connectivity index (χ1v) is 6.02. The second-order valence-corrected chi connectivity index (χ2v) is 4.10. The standard InChI is InChI=1S/C10H19N4O3.BF4/c1-6-16-9(15)7-14(8-11)17-10(12(2)3)13(4)5;2-1(3,4)5/h6-7H2,1-5H3;/q+1;-1. The van der Waals surface area contributed by atoms with Crippen LogP contribution in [0.2, 0.25) is 0 Å². The molecule has 7 nitrogen and oxygen atoms in total. The highest BCUT2D eigenvalue weighted by Gasteiger charge is 2.21. The van der Waals surface area contributed by atoms with Crippen LogP contribution in [0.4, 0.5) is 17.3 Å². The highest BCUT2D eigenvalue weighted by molar-refractivity contribution is 6.50. The smallest absolute Gasteiger partial charge is 0.465 e. The number of hydroxylamine groups is 2. The van der Waals surface area contributed by atoms with E-state index in [-0.39, 0.29) is 13.2 Å². The van der Waals surface area contributed by atoms with Crippen LogP contribution in [0.1, 0.15) is 6.92 Å². The number of ether oxygens (including phenoxy) is 1. The Labute approximate surface area is 126 Å². The van der Waals surface area contributed by atoms with Gasteiger partial charge in [0.05, 0.1) is 34.8 Å². The summed E-state index contributed by atoms with van der Waals surface area (Å²) >= 11 is 0. The molecule has 0 radical (unpaired) electrons. The summed E-state index contributed by atoms with van der Waals surface area (Å²) in [5.74, 6) is -0.508. The van der Waals surface area contributed by atoms with Crippen LogP contribution in [0.25, 0.3) is 0 Å². The number of esters is 1. The van der Waals surface area contributed by atoms with Gasteiger partial charge in [-0.15, -0.1) is 5.06 Å². The third-order valence-electron chi connectivity index (χ3n) is 1.65.